The van der Waals surface area contributed by atoms with Crippen molar-refractivity contribution in [1.82, 2.24) is 9.97 Å². The van der Waals surface area contributed by atoms with Crippen molar-refractivity contribution in [1.29, 1.82) is 0 Å². The standard InChI is InChI=1S/C12H18N2O2S/c1-15-8-9-6-12(17)14-11(13-9)7-10-4-2-3-5-16-10/h6,10H,2-5,7-8H2,1H3,(H,13,14,17). The van der Waals surface area contributed by atoms with Gasteiger partial charge in [0.25, 0.3) is 0 Å². The van der Waals surface area contributed by atoms with E-state index in [9.17, 15) is 0 Å². The van der Waals surface area contributed by atoms with Crippen LogP contribution in [0.15, 0.2) is 6.07 Å². The minimum absolute atomic E-state index is 0.277. The molecular weight excluding hydrogens is 236 g/mol. The molecule has 0 spiro atoms. The molecule has 17 heavy (non-hydrogen) atoms. The summed E-state index contributed by atoms with van der Waals surface area (Å²) in [5.74, 6) is 0.899. The van der Waals surface area contributed by atoms with E-state index in [1.807, 2.05) is 6.07 Å². The van der Waals surface area contributed by atoms with Gasteiger partial charge in [-0.15, -0.1) is 0 Å². The number of aromatic amines is 1. The van der Waals surface area contributed by atoms with E-state index in [1.54, 1.807) is 7.11 Å². The number of hydrogen-bond donors (Lipinski definition) is 1. The molecule has 1 aliphatic rings. The summed E-state index contributed by atoms with van der Waals surface area (Å²) in [7, 11) is 1.67. The number of nitrogens with one attached hydrogen (secondary N) is 1. The van der Waals surface area contributed by atoms with Crippen LogP contribution in [0.2, 0.25) is 0 Å². The normalized spacial score (nSPS) is 20.4. The second kappa shape index (κ2) is 6.23. The molecular formula is C12H18N2O2S. The molecule has 0 aliphatic carbocycles. The van der Waals surface area contributed by atoms with Gasteiger partial charge >= 0.3 is 0 Å². The lowest BCUT2D eigenvalue weighted by atomic mass is 10.1. The largest absolute Gasteiger partial charge is 0.378 e. The van der Waals surface area contributed by atoms with Crippen molar-refractivity contribution < 1.29 is 9.47 Å². The first kappa shape index (κ1) is 12.7. The van der Waals surface area contributed by atoms with Crippen LogP contribution in [-0.2, 0) is 22.5 Å². The van der Waals surface area contributed by atoms with Gasteiger partial charge in [-0.2, -0.15) is 0 Å². The van der Waals surface area contributed by atoms with Gasteiger partial charge in [0, 0.05) is 25.8 Å². The van der Waals surface area contributed by atoms with E-state index in [0.29, 0.717) is 11.2 Å². The third-order valence-corrected chi connectivity index (χ3v) is 3.05. The van der Waals surface area contributed by atoms with Gasteiger partial charge in [-0.25, -0.2) is 4.98 Å². The molecule has 1 aromatic rings. The lowest BCUT2D eigenvalue weighted by Gasteiger charge is -2.22. The summed E-state index contributed by atoms with van der Waals surface area (Å²) in [5, 5.41) is 0. The van der Waals surface area contributed by atoms with Gasteiger partial charge in [-0.1, -0.05) is 12.2 Å². The van der Waals surface area contributed by atoms with Crippen molar-refractivity contribution in [2.75, 3.05) is 13.7 Å². The van der Waals surface area contributed by atoms with E-state index in [0.717, 1.165) is 31.0 Å². The second-order valence-electron chi connectivity index (χ2n) is 4.32. The molecule has 1 aliphatic heterocycles. The summed E-state index contributed by atoms with van der Waals surface area (Å²) in [6.07, 6.45) is 4.60. The minimum atomic E-state index is 0.277. The molecule has 0 saturated carbocycles. The van der Waals surface area contributed by atoms with Crippen molar-refractivity contribution in [3.8, 4) is 0 Å². The molecule has 4 nitrogen and oxygen atoms in total. The van der Waals surface area contributed by atoms with Crippen LogP contribution in [-0.4, -0.2) is 29.8 Å². The maximum Gasteiger partial charge on any atom is 0.130 e. The van der Waals surface area contributed by atoms with Gasteiger partial charge in [0.2, 0.25) is 0 Å². The maximum absolute atomic E-state index is 5.70. The predicted octanol–water partition coefficient (Wildman–Crippen LogP) is 2.40. The number of ether oxygens (including phenoxy) is 2. The maximum atomic E-state index is 5.70. The fraction of sp³-hybridized carbons (Fsp3) is 0.667. The Morgan fingerprint density at radius 2 is 2.47 bits per heavy atom. The smallest absolute Gasteiger partial charge is 0.130 e. The van der Waals surface area contributed by atoms with E-state index >= 15 is 0 Å². The quantitative estimate of drug-likeness (QED) is 0.838. The van der Waals surface area contributed by atoms with E-state index in [1.165, 1.54) is 12.8 Å². The molecule has 0 bridgehead atoms. The highest BCUT2D eigenvalue weighted by Crippen LogP contribution is 2.15. The van der Waals surface area contributed by atoms with Crippen LogP contribution in [0.1, 0.15) is 30.8 Å². The number of hydrogen-bond acceptors (Lipinski definition) is 4. The highest BCUT2D eigenvalue weighted by molar-refractivity contribution is 7.71. The van der Waals surface area contributed by atoms with Crippen molar-refractivity contribution in [2.45, 2.75) is 38.4 Å². The van der Waals surface area contributed by atoms with Crippen molar-refractivity contribution in [3.63, 3.8) is 0 Å². The Morgan fingerprint density at radius 1 is 1.59 bits per heavy atom. The summed E-state index contributed by atoms with van der Waals surface area (Å²) in [6, 6.07) is 1.84. The molecule has 2 heterocycles. The van der Waals surface area contributed by atoms with E-state index < -0.39 is 0 Å². The van der Waals surface area contributed by atoms with Gasteiger partial charge in [0.1, 0.15) is 10.5 Å². The first-order valence-electron chi connectivity index (χ1n) is 5.97. The molecule has 1 saturated heterocycles. The van der Waals surface area contributed by atoms with Crippen LogP contribution in [0.3, 0.4) is 0 Å². The number of rotatable bonds is 4. The number of aromatic nitrogens is 2. The molecule has 1 fully saturated rings. The fourth-order valence-electron chi connectivity index (χ4n) is 2.08. The Kier molecular flexibility index (Phi) is 4.65. The molecule has 1 N–H and O–H groups in total. The van der Waals surface area contributed by atoms with Crippen LogP contribution >= 0.6 is 12.2 Å². The number of nitrogens with zero attached hydrogens (tertiary/aromatic N) is 1. The van der Waals surface area contributed by atoms with Gasteiger partial charge in [-0.05, 0) is 25.3 Å². The third-order valence-electron chi connectivity index (χ3n) is 2.84. The Hall–Kier alpha value is -0.780. The molecule has 0 amide bonds. The van der Waals surface area contributed by atoms with Gasteiger partial charge in [0.05, 0.1) is 12.7 Å². The van der Waals surface area contributed by atoms with Crippen LogP contribution in [0.4, 0.5) is 0 Å². The number of methoxy groups -OCH3 is 1. The van der Waals surface area contributed by atoms with Gasteiger partial charge in [-0.3, -0.25) is 0 Å². The highest BCUT2D eigenvalue weighted by Gasteiger charge is 2.15. The Labute approximate surface area is 106 Å². The molecule has 2 rings (SSSR count). The average molecular weight is 254 g/mol. The summed E-state index contributed by atoms with van der Waals surface area (Å²) in [5.41, 5.74) is 0.971. The van der Waals surface area contributed by atoms with Crippen LogP contribution < -0.4 is 0 Å². The molecule has 5 heteroatoms. The molecule has 1 aromatic heterocycles. The SMILES string of the molecule is COCc1cc(=S)nc(CC2CCCCO2)[nH]1. The van der Waals surface area contributed by atoms with E-state index in [2.05, 4.69) is 9.97 Å². The fourth-order valence-corrected chi connectivity index (χ4v) is 2.33. The van der Waals surface area contributed by atoms with E-state index in [-0.39, 0.29) is 6.10 Å². The minimum Gasteiger partial charge on any atom is -0.378 e. The molecule has 1 unspecified atom stereocenters. The zero-order chi connectivity index (χ0) is 12.1. The molecule has 0 radical (unpaired) electrons. The first-order chi connectivity index (χ1) is 8.28. The third kappa shape index (κ3) is 3.87. The van der Waals surface area contributed by atoms with Crippen molar-refractivity contribution >= 4 is 12.2 Å². The summed E-state index contributed by atoms with van der Waals surface area (Å²) in [4.78, 5) is 7.58. The monoisotopic (exact) mass is 254 g/mol. The van der Waals surface area contributed by atoms with Crippen LogP contribution in [0.25, 0.3) is 0 Å². The van der Waals surface area contributed by atoms with Gasteiger partial charge in [0.15, 0.2) is 0 Å². The first-order valence-corrected chi connectivity index (χ1v) is 6.38. The van der Waals surface area contributed by atoms with Gasteiger partial charge < -0.3 is 14.5 Å². The lowest BCUT2D eigenvalue weighted by molar-refractivity contribution is 0.0155. The Balaban J connectivity index is 2.06. The average Bonchev–Trinajstić information content (AvgIpc) is 2.30. The number of H-pyrrole nitrogens is 1. The second-order valence-corrected chi connectivity index (χ2v) is 4.74. The highest BCUT2D eigenvalue weighted by atomic mass is 32.1. The zero-order valence-electron chi connectivity index (χ0n) is 10.1. The summed E-state index contributed by atoms with van der Waals surface area (Å²) >= 11 is 5.14. The Bertz CT molecular complexity index is 413. The zero-order valence-corrected chi connectivity index (χ0v) is 10.9. The summed E-state index contributed by atoms with van der Waals surface area (Å²) < 4.78 is 11.4. The predicted molar refractivity (Wildman–Crippen MR) is 67.4 cm³/mol. The topological polar surface area (TPSA) is 47.1 Å². The summed E-state index contributed by atoms with van der Waals surface area (Å²) in [6.45, 7) is 1.40. The molecule has 0 aromatic carbocycles. The van der Waals surface area contributed by atoms with Crippen LogP contribution in [0, 0.1) is 4.64 Å². The molecule has 94 valence electrons. The van der Waals surface area contributed by atoms with Crippen molar-refractivity contribution in [2.24, 2.45) is 0 Å². The molecule has 1 atom stereocenters. The Morgan fingerprint density at radius 3 is 3.18 bits per heavy atom. The van der Waals surface area contributed by atoms with E-state index in [4.69, 9.17) is 21.7 Å². The lowest BCUT2D eigenvalue weighted by Crippen LogP contribution is -2.22. The van der Waals surface area contributed by atoms with Crippen LogP contribution in [0.5, 0.6) is 0 Å². The van der Waals surface area contributed by atoms with Crippen molar-refractivity contribution in [3.05, 3.63) is 22.2 Å².